The van der Waals surface area contributed by atoms with Crippen LogP contribution in [0.25, 0.3) is 0 Å². The lowest BCUT2D eigenvalue weighted by Gasteiger charge is -2.25. The van der Waals surface area contributed by atoms with Crippen LogP contribution in [0, 0.1) is 11.8 Å². The Morgan fingerprint density at radius 2 is 1.81 bits per heavy atom. The smallest absolute Gasteiger partial charge is 0.328 e. The minimum atomic E-state index is -0.939. The summed E-state index contributed by atoms with van der Waals surface area (Å²) in [4.78, 5) is 21.8. The number of carboxylic acid groups (broad SMARTS) is 1. The van der Waals surface area contributed by atoms with Gasteiger partial charge < -0.3 is 5.11 Å². The van der Waals surface area contributed by atoms with E-state index in [1.165, 1.54) is 6.08 Å². The molecule has 1 rings (SSSR count). The lowest BCUT2D eigenvalue weighted by molar-refractivity contribution is -0.131. The van der Waals surface area contributed by atoms with E-state index in [1.54, 1.807) is 13.0 Å². The van der Waals surface area contributed by atoms with Gasteiger partial charge in [-0.05, 0) is 31.4 Å². The van der Waals surface area contributed by atoms with Crippen molar-refractivity contribution >= 4 is 11.8 Å². The summed E-state index contributed by atoms with van der Waals surface area (Å²) in [6.07, 6.45) is 7.22. The van der Waals surface area contributed by atoms with Crippen molar-refractivity contribution in [2.24, 2.45) is 11.8 Å². The Hall–Kier alpha value is -1.64. The summed E-state index contributed by atoms with van der Waals surface area (Å²) in [5, 5.41) is 8.59. The molecule has 0 fully saturated rings. The standard InChI is InChI=1S/C14H18O3.2C2H6/c1-9(6-14(16)17)4-5-13-10(2)7-12(15)8-11(13)3;2*1-2/h4-7,11,13H,8H2,1-3H3,(H,16,17);2*1-2H3/b5-4+,9-6-;;. The second kappa shape index (κ2) is 12.1. The molecular weight excluding hydrogens is 264 g/mol. The predicted octanol–water partition coefficient (Wildman–Crippen LogP) is 4.80. The third-order valence-electron chi connectivity index (χ3n) is 2.97. The molecule has 0 bridgehead atoms. The second-order valence-corrected chi connectivity index (χ2v) is 4.65. The Morgan fingerprint density at radius 1 is 1.29 bits per heavy atom. The van der Waals surface area contributed by atoms with Crippen molar-refractivity contribution in [1.29, 1.82) is 0 Å². The van der Waals surface area contributed by atoms with Gasteiger partial charge in [-0.1, -0.05) is 52.3 Å². The van der Waals surface area contributed by atoms with E-state index >= 15 is 0 Å². The first-order valence-corrected chi connectivity index (χ1v) is 7.70. The number of carbonyl (C=O) groups excluding carboxylic acids is 1. The average Bonchev–Trinajstić information content (AvgIpc) is 2.41. The van der Waals surface area contributed by atoms with Crippen molar-refractivity contribution in [3.05, 3.63) is 35.5 Å². The highest BCUT2D eigenvalue weighted by atomic mass is 16.4. The van der Waals surface area contributed by atoms with Gasteiger partial charge >= 0.3 is 5.97 Å². The number of ketones is 1. The quantitative estimate of drug-likeness (QED) is 0.601. The van der Waals surface area contributed by atoms with Crippen molar-refractivity contribution in [3.8, 4) is 0 Å². The van der Waals surface area contributed by atoms with Gasteiger partial charge in [0.25, 0.3) is 0 Å². The summed E-state index contributed by atoms with van der Waals surface area (Å²) < 4.78 is 0. The summed E-state index contributed by atoms with van der Waals surface area (Å²) in [5.41, 5.74) is 1.75. The van der Waals surface area contributed by atoms with Crippen LogP contribution in [-0.2, 0) is 9.59 Å². The summed E-state index contributed by atoms with van der Waals surface area (Å²) in [5.74, 6) is -0.255. The zero-order valence-corrected chi connectivity index (χ0v) is 14.4. The summed E-state index contributed by atoms with van der Waals surface area (Å²) in [6, 6.07) is 0. The fourth-order valence-electron chi connectivity index (χ4n) is 2.14. The topological polar surface area (TPSA) is 54.4 Å². The average molecular weight is 294 g/mol. The van der Waals surface area contributed by atoms with E-state index in [0.717, 1.165) is 5.57 Å². The van der Waals surface area contributed by atoms with Crippen molar-refractivity contribution < 1.29 is 14.7 Å². The number of rotatable bonds is 3. The van der Waals surface area contributed by atoms with Crippen LogP contribution < -0.4 is 0 Å². The summed E-state index contributed by atoms with van der Waals surface area (Å²) >= 11 is 0. The maximum Gasteiger partial charge on any atom is 0.328 e. The Bertz CT molecular complexity index is 414. The van der Waals surface area contributed by atoms with Crippen LogP contribution in [0.15, 0.2) is 35.5 Å². The molecule has 2 atom stereocenters. The van der Waals surface area contributed by atoms with Gasteiger partial charge in [0.05, 0.1) is 0 Å². The van der Waals surface area contributed by atoms with Gasteiger partial charge in [0, 0.05) is 18.4 Å². The SMILES string of the molecule is CC.CC.CC1=CC(=O)CC(C)C1/C=C/C(C)=C\C(=O)O. The third-order valence-corrected chi connectivity index (χ3v) is 2.97. The highest BCUT2D eigenvalue weighted by molar-refractivity contribution is 5.91. The van der Waals surface area contributed by atoms with Crippen LogP contribution in [0.5, 0.6) is 0 Å². The fraction of sp³-hybridized carbons (Fsp3) is 0.556. The Labute approximate surface area is 129 Å². The maximum absolute atomic E-state index is 11.3. The molecule has 0 amide bonds. The number of carboxylic acids is 1. The van der Waals surface area contributed by atoms with Gasteiger partial charge in [0.2, 0.25) is 0 Å². The van der Waals surface area contributed by atoms with Gasteiger partial charge in [0.1, 0.15) is 0 Å². The van der Waals surface area contributed by atoms with E-state index in [4.69, 9.17) is 5.11 Å². The second-order valence-electron chi connectivity index (χ2n) is 4.65. The van der Waals surface area contributed by atoms with Crippen LogP contribution in [-0.4, -0.2) is 16.9 Å². The molecule has 120 valence electrons. The Balaban J connectivity index is 0. The molecule has 0 aromatic carbocycles. The minimum Gasteiger partial charge on any atom is -0.478 e. The lowest BCUT2D eigenvalue weighted by atomic mass is 9.79. The monoisotopic (exact) mass is 294 g/mol. The van der Waals surface area contributed by atoms with Crippen molar-refractivity contribution in [1.82, 2.24) is 0 Å². The number of hydrogen-bond acceptors (Lipinski definition) is 2. The Morgan fingerprint density at radius 3 is 2.24 bits per heavy atom. The van der Waals surface area contributed by atoms with Crippen LogP contribution >= 0.6 is 0 Å². The van der Waals surface area contributed by atoms with E-state index in [1.807, 2.05) is 53.7 Å². The zero-order chi connectivity index (χ0) is 17.0. The third kappa shape index (κ3) is 9.01. The number of aliphatic carboxylic acids is 1. The minimum absolute atomic E-state index is 0.178. The van der Waals surface area contributed by atoms with E-state index in [-0.39, 0.29) is 17.6 Å². The molecule has 3 heteroatoms. The molecule has 0 saturated heterocycles. The van der Waals surface area contributed by atoms with Gasteiger partial charge in [0.15, 0.2) is 5.78 Å². The van der Waals surface area contributed by atoms with E-state index in [0.29, 0.717) is 12.0 Å². The molecular formula is C18H30O3. The van der Waals surface area contributed by atoms with Crippen LogP contribution in [0.1, 0.15) is 54.9 Å². The molecule has 0 aromatic rings. The molecule has 0 spiro atoms. The molecule has 3 nitrogen and oxygen atoms in total. The summed E-state index contributed by atoms with van der Waals surface area (Å²) in [6.45, 7) is 13.7. The molecule has 2 unspecified atom stereocenters. The molecule has 0 aliphatic heterocycles. The van der Waals surface area contributed by atoms with E-state index < -0.39 is 5.97 Å². The number of carbonyl (C=O) groups is 2. The van der Waals surface area contributed by atoms with E-state index in [9.17, 15) is 9.59 Å². The van der Waals surface area contributed by atoms with Crippen molar-refractivity contribution in [2.45, 2.75) is 54.9 Å². The molecule has 0 heterocycles. The fourth-order valence-corrected chi connectivity index (χ4v) is 2.14. The normalized spacial score (nSPS) is 21.8. The van der Waals surface area contributed by atoms with Crippen molar-refractivity contribution in [2.75, 3.05) is 0 Å². The van der Waals surface area contributed by atoms with Crippen LogP contribution in [0.4, 0.5) is 0 Å². The number of allylic oxidation sites excluding steroid dienone is 5. The molecule has 0 saturated carbocycles. The predicted molar refractivity (Wildman–Crippen MR) is 89.3 cm³/mol. The first kappa shape index (κ1) is 21.7. The van der Waals surface area contributed by atoms with Gasteiger partial charge in [-0.15, -0.1) is 0 Å². The molecule has 1 aliphatic carbocycles. The zero-order valence-electron chi connectivity index (χ0n) is 14.4. The van der Waals surface area contributed by atoms with Crippen molar-refractivity contribution in [3.63, 3.8) is 0 Å². The molecule has 1 N–H and O–H groups in total. The molecule has 21 heavy (non-hydrogen) atoms. The molecule has 0 radical (unpaired) electrons. The van der Waals surface area contributed by atoms with Gasteiger partial charge in [-0.2, -0.15) is 0 Å². The Kier molecular flexibility index (Phi) is 12.5. The first-order valence-electron chi connectivity index (χ1n) is 7.70. The van der Waals surface area contributed by atoms with Gasteiger partial charge in [-0.25, -0.2) is 4.79 Å². The highest BCUT2D eigenvalue weighted by Crippen LogP contribution is 2.29. The largest absolute Gasteiger partial charge is 0.478 e. The number of hydrogen-bond donors (Lipinski definition) is 1. The highest BCUT2D eigenvalue weighted by Gasteiger charge is 2.23. The molecule has 0 aromatic heterocycles. The van der Waals surface area contributed by atoms with Gasteiger partial charge in [-0.3, -0.25) is 4.79 Å². The van der Waals surface area contributed by atoms with Crippen LogP contribution in [0.2, 0.25) is 0 Å². The molecule has 1 aliphatic rings. The maximum atomic E-state index is 11.3. The van der Waals surface area contributed by atoms with Crippen LogP contribution in [0.3, 0.4) is 0 Å². The summed E-state index contributed by atoms with van der Waals surface area (Å²) in [7, 11) is 0. The first-order chi connectivity index (χ1) is 9.90. The lowest BCUT2D eigenvalue weighted by Crippen LogP contribution is -2.20. The van der Waals surface area contributed by atoms with E-state index in [2.05, 4.69) is 0 Å².